The van der Waals surface area contributed by atoms with Crippen molar-refractivity contribution in [1.82, 2.24) is 5.32 Å². The van der Waals surface area contributed by atoms with Gasteiger partial charge in [-0.3, -0.25) is 0 Å². The summed E-state index contributed by atoms with van der Waals surface area (Å²) in [6.45, 7) is 5.09. The highest BCUT2D eigenvalue weighted by Crippen LogP contribution is 2.31. The first kappa shape index (κ1) is 12.1. The Kier molecular flexibility index (Phi) is 3.72. The summed E-state index contributed by atoms with van der Waals surface area (Å²) in [7, 11) is 0. The van der Waals surface area contributed by atoms with Crippen LogP contribution in [0.15, 0.2) is 31.8 Å². The summed E-state index contributed by atoms with van der Waals surface area (Å²) in [5.41, 5.74) is 2.09. The molecule has 1 heterocycles. The molecule has 0 amide bonds. The Morgan fingerprint density at radius 2 is 2.06 bits per heavy atom. The summed E-state index contributed by atoms with van der Waals surface area (Å²) >= 11 is 6.99. The number of hydrogen-bond acceptors (Lipinski definition) is 2. The molecule has 2 rings (SSSR count). The first-order chi connectivity index (χ1) is 7.58. The van der Waals surface area contributed by atoms with E-state index < -0.39 is 0 Å². The molecule has 1 N–H and O–H groups in total. The van der Waals surface area contributed by atoms with Crippen LogP contribution in [0.5, 0.6) is 0 Å². The third-order valence-corrected chi connectivity index (χ3v) is 3.42. The lowest BCUT2D eigenvalue weighted by atomic mass is 10.2. The van der Waals surface area contributed by atoms with Crippen LogP contribution in [-0.2, 0) is 6.54 Å². The van der Waals surface area contributed by atoms with Gasteiger partial charge in [0.1, 0.15) is 5.58 Å². The van der Waals surface area contributed by atoms with Gasteiger partial charge in [-0.2, -0.15) is 0 Å². The number of nitrogens with one attached hydrogen (secondary N) is 1. The minimum Gasteiger partial charge on any atom is -0.463 e. The zero-order chi connectivity index (χ0) is 11.7. The number of furan rings is 1. The molecule has 0 aliphatic carbocycles. The number of benzene rings is 1. The lowest BCUT2D eigenvalue weighted by Gasteiger charge is -2.06. The Balaban J connectivity index is 2.40. The van der Waals surface area contributed by atoms with Crippen molar-refractivity contribution in [3.8, 4) is 0 Å². The fourth-order valence-corrected chi connectivity index (χ4v) is 2.88. The summed E-state index contributed by atoms with van der Waals surface area (Å²) in [6.07, 6.45) is 1.82. The van der Waals surface area contributed by atoms with Crippen molar-refractivity contribution in [2.45, 2.75) is 26.4 Å². The van der Waals surface area contributed by atoms with Crippen molar-refractivity contribution < 1.29 is 4.42 Å². The summed E-state index contributed by atoms with van der Waals surface area (Å²) in [6, 6.07) is 4.55. The number of halogens is 2. The third kappa shape index (κ3) is 2.50. The topological polar surface area (TPSA) is 25.2 Å². The minimum absolute atomic E-state index is 0.473. The summed E-state index contributed by atoms with van der Waals surface area (Å²) < 4.78 is 7.59. The van der Waals surface area contributed by atoms with E-state index in [0.717, 1.165) is 26.5 Å². The van der Waals surface area contributed by atoms with Crippen LogP contribution in [0.3, 0.4) is 0 Å². The number of rotatable bonds is 3. The lowest BCUT2D eigenvalue weighted by Crippen LogP contribution is -2.21. The van der Waals surface area contributed by atoms with Gasteiger partial charge < -0.3 is 9.73 Å². The van der Waals surface area contributed by atoms with E-state index in [0.29, 0.717) is 6.04 Å². The predicted molar refractivity (Wildman–Crippen MR) is 73.6 cm³/mol. The van der Waals surface area contributed by atoms with Crippen LogP contribution in [0.25, 0.3) is 11.0 Å². The Labute approximate surface area is 112 Å². The molecule has 0 bridgehead atoms. The smallest absolute Gasteiger partial charge is 0.148 e. The van der Waals surface area contributed by atoms with Crippen LogP contribution < -0.4 is 5.32 Å². The molecule has 2 aromatic rings. The van der Waals surface area contributed by atoms with E-state index in [1.54, 1.807) is 0 Å². The largest absolute Gasteiger partial charge is 0.463 e. The van der Waals surface area contributed by atoms with Gasteiger partial charge in [0.05, 0.1) is 10.7 Å². The Hall–Kier alpha value is -0.320. The highest BCUT2D eigenvalue weighted by atomic mass is 79.9. The Morgan fingerprint density at radius 1 is 1.31 bits per heavy atom. The summed E-state index contributed by atoms with van der Waals surface area (Å²) in [5.74, 6) is 0. The second-order valence-corrected chi connectivity index (χ2v) is 5.83. The van der Waals surface area contributed by atoms with Gasteiger partial charge in [0, 0.05) is 28.0 Å². The first-order valence-corrected chi connectivity index (χ1v) is 6.75. The van der Waals surface area contributed by atoms with Crippen molar-refractivity contribution in [3.63, 3.8) is 0 Å². The molecule has 0 unspecified atom stereocenters. The maximum absolute atomic E-state index is 5.56. The molecule has 0 spiro atoms. The minimum atomic E-state index is 0.473. The molecule has 0 saturated carbocycles. The van der Waals surface area contributed by atoms with Crippen LogP contribution in [0.4, 0.5) is 0 Å². The molecule has 4 heteroatoms. The highest BCUT2D eigenvalue weighted by molar-refractivity contribution is 9.11. The van der Waals surface area contributed by atoms with Crippen molar-refractivity contribution in [1.29, 1.82) is 0 Å². The fraction of sp³-hybridized carbons (Fsp3) is 0.333. The molecule has 16 heavy (non-hydrogen) atoms. The Bertz CT molecular complexity index is 505. The maximum Gasteiger partial charge on any atom is 0.148 e. The van der Waals surface area contributed by atoms with Crippen molar-refractivity contribution >= 4 is 42.8 Å². The van der Waals surface area contributed by atoms with Gasteiger partial charge in [-0.05, 0) is 28.1 Å². The molecule has 0 fully saturated rings. The monoisotopic (exact) mass is 345 g/mol. The van der Waals surface area contributed by atoms with Gasteiger partial charge in [-0.25, -0.2) is 0 Å². The first-order valence-electron chi connectivity index (χ1n) is 5.16. The standard InChI is InChI=1S/C12H13Br2NO/c1-7(2)15-5-8-6-16-12-10(8)3-9(13)4-11(12)14/h3-4,6-7,15H,5H2,1-2H3. The van der Waals surface area contributed by atoms with Gasteiger partial charge in [0.2, 0.25) is 0 Å². The fourth-order valence-electron chi connectivity index (χ4n) is 1.56. The zero-order valence-corrected chi connectivity index (χ0v) is 12.4. The van der Waals surface area contributed by atoms with E-state index in [2.05, 4.69) is 57.1 Å². The van der Waals surface area contributed by atoms with E-state index in [9.17, 15) is 0 Å². The SMILES string of the molecule is CC(C)NCc1coc2c(Br)cc(Br)cc12. The van der Waals surface area contributed by atoms with E-state index in [1.807, 2.05) is 12.3 Å². The molecule has 0 radical (unpaired) electrons. The molecule has 1 aromatic heterocycles. The molecule has 86 valence electrons. The lowest BCUT2D eigenvalue weighted by molar-refractivity contribution is 0.572. The van der Waals surface area contributed by atoms with Crippen LogP contribution in [-0.4, -0.2) is 6.04 Å². The summed E-state index contributed by atoms with van der Waals surface area (Å²) in [5, 5.41) is 4.54. The Morgan fingerprint density at radius 3 is 2.75 bits per heavy atom. The van der Waals surface area contributed by atoms with Crippen LogP contribution in [0.1, 0.15) is 19.4 Å². The third-order valence-electron chi connectivity index (χ3n) is 2.37. The van der Waals surface area contributed by atoms with E-state index in [1.165, 1.54) is 5.56 Å². The molecular formula is C12H13Br2NO. The van der Waals surface area contributed by atoms with E-state index in [4.69, 9.17) is 4.42 Å². The molecule has 0 saturated heterocycles. The highest BCUT2D eigenvalue weighted by Gasteiger charge is 2.10. The molecule has 0 aliphatic heterocycles. The van der Waals surface area contributed by atoms with Crippen LogP contribution in [0.2, 0.25) is 0 Å². The second kappa shape index (κ2) is 4.90. The van der Waals surface area contributed by atoms with Gasteiger partial charge in [0.15, 0.2) is 0 Å². The van der Waals surface area contributed by atoms with E-state index in [-0.39, 0.29) is 0 Å². The maximum atomic E-state index is 5.56. The summed E-state index contributed by atoms with van der Waals surface area (Å²) in [4.78, 5) is 0. The van der Waals surface area contributed by atoms with Crippen LogP contribution >= 0.6 is 31.9 Å². The average molecular weight is 347 g/mol. The van der Waals surface area contributed by atoms with Gasteiger partial charge >= 0.3 is 0 Å². The molecule has 0 atom stereocenters. The second-order valence-electron chi connectivity index (χ2n) is 4.06. The molecule has 1 aromatic carbocycles. The molecule has 0 aliphatic rings. The van der Waals surface area contributed by atoms with Gasteiger partial charge in [0.25, 0.3) is 0 Å². The van der Waals surface area contributed by atoms with Gasteiger partial charge in [-0.15, -0.1) is 0 Å². The van der Waals surface area contributed by atoms with Gasteiger partial charge in [-0.1, -0.05) is 29.8 Å². The average Bonchev–Trinajstić information content (AvgIpc) is 2.58. The zero-order valence-electron chi connectivity index (χ0n) is 9.18. The van der Waals surface area contributed by atoms with Crippen molar-refractivity contribution in [3.05, 3.63) is 32.9 Å². The van der Waals surface area contributed by atoms with Crippen molar-refractivity contribution in [2.75, 3.05) is 0 Å². The van der Waals surface area contributed by atoms with Crippen molar-refractivity contribution in [2.24, 2.45) is 0 Å². The number of hydrogen-bond donors (Lipinski definition) is 1. The molecular weight excluding hydrogens is 334 g/mol. The quantitative estimate of drug-likeness (QED) is 0.887. The molecule has 2 nitrogen and oxygen atoms in total. The predicted octanol–water partition coefficient (Wildman–Crippen LogP) is 4.46. The van der Waals surface area contributed by atoms with Crippen LogP contribution in [0, 0.1) is 0 Å². The normalized spacial score (nSPS) is 11.6. The van der Waals surface area contributed by atoms with E-state index >= 15 is 0 Å². The number of fused-ring (bicyclic) bond motifs is 1.